The summed E-state index contributed by atoms with van der Waals surface area (Å²) in [6.07, 6.45) is 0. The van der Waals surface area contributed by atoms with Crippen molar-refractivity contribution in [1.82, 2.24) is 0 Å². The van der Waals surface area contributed by atoms with Crippen molar-refractivity contribution in [3.63, 3.8) is 0 Å². The molecule has 0 radical (unpaired) electrons. The lowest BCUT2D eigenvalue weighted by molar-refractivity contribution is 0.590. The molecule has 0 aliphatic carbocycles. The third-order valence-electron chi connectivity index (χ3n) is 2.18. The van der Waals surface area contributed by atoms with E-state index in [-0.39, 0.29) is 5.41 Å². The summed E-state index contributed by atoms with van der Waals surface area (Å²) in [5, 5.41) is 7.46. The number of benzene rings is 1. The summed E-state index contributed by atoms with van der Waals surface area (Å²) in [7, 11) is 0. The van der Waals surface area contributed by atoms with Crippen LogP contribution in [0.15, 0.2) is 24.3 Å². The van der Waals surface area contributed by atoms with E-state index in [9.17, 15) is 0 Å². The van der Waals surface area contributed by atoms with Gasteiger partial charge < -0.3 is 5.41 Å². The average Bonchev–Trinajstić information content (AvgIpc) is 2.20. The van der Waals surface area contributed by atoms with Crippen LogP contribution in [0, 0.1) is 5.41 Å². The molecule has 1 rings (SSSR count). The fourth-order valence-corrected chi connectivity index (χ4v) is 1.22. The van der Waals surface area contributed by atoms with Crippen molar-refractivity contribution in [2.24, 2.45) is 0 Å². The molecule has 1 aromatic carbocycles. The molecule has 1 nitrogen and oxygen atoms in total. The van der Waals surface area contributed by atoms with Crippen LogP contribution in [-0.2, 0) is 5.41 Å². The minimum absolute atomic E-state index is 0.203. The van der Waals surface area contributed by atoms with E-state index in [1.54, 1.807) is 0 Å². The highest BCUT2D eigenvalue weighted by Gasteiger charge is 2.12. The molecule has 0 amide bonds. The molecule has 0 atom stereocenters. The second-order valence-corrected chi connectivity index (χ2v) is 4.45. The van der Waals surface area contributed by atoms with Crippen LogP contribution in [0.5, 0.6) is 0 Å². The number of rotatable bonds is 1. The van der Waals surface area contributed by atoms with Gasteiger partial charge in [0.05, 0.1) is 0 Å². The number of nitrogens with one attached hydrogen (secondary N) is 1. The minimum Gasteiger partial charge on any atom is -0.305 e. The normalized spacial score (nSPS) is 10.3. The molecule has 0 unspecified atom stereocenters. The summed E-state index contributed by atoms with van der Waals surface area (Å²) < 4.78 is 0. The molecule has 0 heterocycles. The van der Waals surface area contributed by atoms with Gasteiger partial charge in [0.25, 0.3) is 0 Å². The van der Waals surface area contributed by atoms with Crippen molar-refractivity contribution in [3.05, 3.63) is 35.4 Å². The van der Waals surface area contributed by atoms with Crippen molar-refractivity contribution >= 4 is 5.71 Å². The van der Waals surface area contributed by atoms with Crippen LogP contribution in [0.1, 0.15) is 52.7 Å². The van der Waals surface area contributed by atoms with E-state index >= 15 is 0 Å². The quantitative estimate of drug-likeness (QED) is 0.657. The second-order valence-electron chi connectivity index (χ2n) is 4.45. The van der Waals surface area contributed by atoms with E-state index in [1.165, 1.54) is 5.56 Å². The lowest BCUT2D eigenvalue weighted by Gasteiger charge is -2.18. The maximum absolute atomic E-state index is 7.46. The number of hydrogen-bond acceptors (Lipinski definition) is 1. The van der Waals surface area contributed by atoms with E-state index in [1.807, 2.05) is 32.9 Å². The van der Waals surface area contributed by atoms with Gasteiger partial charge in [-0.1, -0.05) is 58.9 Å². The Kier molecular flexibility index (Phi) is 5.27. The topological polar surface area (TPSA) is 23.9 Å². The summed E-state index contributed by atoms with van der Waals surface area (Å²) in [4.78, 5) is 0. The molecule has 0 aliphatic heterocycles. The van der Waals surface area contributed by atoms with E-state index in [4.69, 9.17) is 5.41 Å². The van der Waals surface area contributed by atoms with E-state index in [0.717, 1.165) is 5.56 Å². The maximum Gasteiger partial charge on any atom is 0.0355 e. The molecular formula is C14H23N. The highest BCUT2D eigenvalue weighted by molar-refractivity contribution is 5.96. The van der Waals surface area contributed by atoms with Crippen molar-refractivity contribution < 1.29 is 0 Å². The molecule has 0 spiro atoms. The summed E-state index contributed by atoms with van der Waals surface area (Å²) in [5.41, 5.74) is 3.15. The highest BCUT2D eigenvalue weighted by atomic mass is 14.4. The Morgan fingerprint density at radius 1 is 1.00 bits per heavy atom. The van der Waals surface area contributed by atoms with Gasteiger partial charge in [0.15, 0.2) is 0 Å². The predicted molar refractivity (Wildman–Crippen MR) is 69.0 cm³/mol. The Morgan fingerprint density at radius 2 is 1.40 bits per heavy atom. The van der Waals surface area contributed by atoms with Gasteiger partial charge in [-0.05, 0) is 23.5 Å². The third kappa shape index (κ3) is 4.28. The first-order chi connectivity index (χ1) is 6.91. The summed E-state index contributed by atoms with van der Waals surface area (Å²) >= 11 is 0. The third-order valence-corrected chi connectivity index (χ3v) is 2.18. The van der Waals surface area contributed by atoms with Crippen LogP contribution in [0.4, 0.5) is 0 Å². The zero-order valence-corrected chi connectivity index (χ0v) is 10.8. The molecule has 1 aromatic rings. The van der Waals surface area contributed by atoms with Gasteiger partial charge in [-0.15, -0.1) is 0 Å². The standard InChI is InChI=1S/C12H17N.C2H6/c1-9(13)10-5-7-11(8-6-10)12(2,3)4;1-2/h5-8,13H,1-4H3;1-2H3. The molecule has 0 saturated carbocycles. The fraction of sp³-hybridized carbons (Fsp3) is 0.500. The van der Waals surface area contributed by atoms with Crippen LogP contribution in [-0.4, -0.2) is 5.71 Å². The van der Waals surface area contributed by atoms with Crippen LogP contribution < -0.4 is 0 Å². The van der Waals surface area contributed by atoms with Gasteiger partial charge in [-0.25, -0.2) is 0 Å². The van der Waals surface area contributed by atoms with Crippen molar-refractivity contribution in [2.75, 3.05) is 0 Å². The Balaban J connectivity index is 0.000000921. The van der Waals surface area contributed by atoms with E-state index in [0.29, 0.717) is 5.71 Å². The van der Waals surface area contributed by atoms with Crippen molar-refractivity contribution in [2.45, 2.75) is 47.0 Å². The molecule has 0 saturated heterocycles. The first-order valence-electron chi connectivity index (χ1n) is 5.57. The summed E-state index contributed by atoms with van der Waals surface area (Å²) in [5.74, 6) is 0. The molecule has 84 valence electrons. The molecule has 15 heavy (non-hydrogen) atoms. The fourth-order valence-electron chi connectivity index (χ4n) is 1.22. The minimum atomic E-state index is 0.203. The van der Waals surface area contributed by atoms with Crippen LogP contribution in [0.3, 0.4) is 0 Å². The Labute approximate surface area is 94.0 Å². The molecule has 1 heteroatoms. The molecule has 0 aliphatic rings. The van der Waals surface area contributed by atoms with Crippen LogP contribution >= 0.6 is 0 Å². The van der Waals surface area contributed by atoms with Gasteiger partial charge in [0.2, 0.25) is 0 Å². The lowest BCUT2D eigenvalue weighted by Crippen LogP contribution is -2.10. The monoisotopic (exact) mass is 205 g/mol. The van der Waals surface area contributed by atoms with E-state index in [2.05, 4.69) is 32.9 Å². The molecule has 0 bridgehead atoms. The molecule has 0 aromatic heterocycles. The van der Waals surface area contributed by atoms with Crippen molar-refractivity contribution in [1.29, 1.82) is 5.41 Å². The average molecular weight is 205 g/mol. The SMILES string of the molecule is CC.CC(=N)c1ccc(C(C)(C)C)cc1. The zero-order valence-electron chi connectivity index (χ0n) is 10.8. The first kappa shape index (κ1) is 13.9. The number of hydrogen-bond donors (Lipinski definition) is 1. The summed E-state index contributed by atoms with van der Waals surface area (Å²) in [6, 6.07) is 8.24. The molecule has 0 fully saturated rings. The van der Waals surface area contributed by atoms with Crippen LogP contribution in [0.2, 0.25) is 0 Å². The maximum atomic E-state index is 7.46. The second kappa shape index (κ2) is 5.69. The Morgan fingerprint density at radius 3 is 1.67 bits per heavy atom. The largest absolute Gasteiger partial charge is 0.305 e. The Hall–Kier alpha value is -1.11. The molecule has 1 N–H and O–H groups in total. The van der Waals surface area contributed by atoms with Gasteiger partial charge in [-0.2, -0.15) is 0 Å². The highest BCUT2D eigenvalue weighted by Crippen LogP contribution is 2.22. The Bertz CT molecular complexity index is 301. The molecular weight excluding hydrogens is 182 g/mol. The van der Waals surface area contributed by atoms with Crippen molar-refractivity contribution in [3.8, 4) is 0 Å². The van der Waals surface area contributed by atoms with Gasteiger partial charge in [-0.3, -0.25) is 0 Å². The smallest absolute Gasteiger partial charge is 0.0355 e. The first-order valence-corrected chi connectivity index (χ1v) is 5.57. The lowest BCUT2D eigenvalue weighted by atomic mass is 9.86. The zero-order chi connectivity index (χ0) is 12.1. The summed E-state index contributed by atoms with van der Waals surface area (Å²) in [6.45, 7) is 12.4. The van der Waals surface area contributed by atoms with Gasteiger partial charge in [0.1, 0.15) is 0 Å². The van der Waals surface area contributed by atoms with Gasteiger partial charge >= 0.3 is 0 Å². The van der Waals surface area contributed by atoms with Gasteiger partial charge in [0, 0.05) is 5.71 Å². The predicted octanol–water partition coefficient (Wildman–Crippen LogP) is 4.40. The van der Waals surface area contributed by atoms with Crippen LogP contribution in [0.25, 0.3) is 0 Å². The van der Waals surface area contributed by atoms with E-state index < -0.39 is 0 Å².